The second kappa shape index (κ2) is 8.03. The van der Waals surface area contributed by atoms with Gasteiger partial charge in [-0.3, -0.25) is 9.69 Å². The average Bonchev–Trinajstić information content (AvgIpc) is 3.28. The summed E-state index contributed by atoms with van der Waals surface area (Å²) in [5, 5.41) is 0. The Bertz CT molecular complexity index is 822. The lowest BCUT2D eigenvalue weighted by Crippen LogP contribution is -2.48. The van der Waals surface area contributed by atoms with Gasteiger partial charge in [-0.05, 0) is 42.2 Å². The van der Waals surface area contributed by atoms with Crippen molar-refractivity contribution >= 4 is 17.2 Å². The van der Waals surface area contributed by atoms with E-state index < -0.39 is 0 Å². The number of carbonyl (C=O) groups excluding carboxylic acids is 1. The number of thiophene rings is 1. The monoisotopic (exact) mass is 384 g/mol. The molecule has 0 bridgehead atoms. The topological polar surface area (TPSA) is 32.8 Å². The van der Waals surface area contributed by atoms with E-state index in [1.807, 2.05) is 4.90 Å². The minimum absolute atomic E-state index is 0.208. The Hall–Kier alpha value is -1.85. The third-order valence-corrected chi connectivity index (χ3v) is 6.65. The number of fused-ring (bicyclic) bond motifs is 1. The molecule has 5 heteroatoms. The number of piperazine rings is 1. The number of carbonyl (C=O) groups is 1. The third kappa shape index (κ3) is 4.04. The number of rotatable bonds is 5. The summed E-state index contributed by atoms with van der Waals surface area (Å²) in [6.45, 7) is 9.57. The first-order chi connectivity index (χ1) is 13.1. The summed E-state index contributed by atoms with van der Waals surface area (Å²) >= 11 is 1.65. The number of amides is 1. The van der Waals surface area contributed by atoms with Gasteiger partial charge in [0.05, 0.1) is 11.5 Å². The molecule has 1 aromatic carbocycles. The summed E-state index contributed by atoms with van der Waals surface area (Å²) in [6.07, 6.45) is 3.21. The second-order valence-corrected chi connectivity index (χ2v) is 8.81. The van der Waals surface area contributed by atoms with Crippen LogP contribution in [0.1, 0.15) is 44.6 Å². The SMILES string of the molecule is CCCc1cc(C(=O)N2CCN(Cc3ccc4c(c3)CCO4)CC2)sc1C. The van der Waals surface area contributed by atoms with Gasteiger partial charge in [0.15, 0.2) is 0 Å². The molecule has 1 amide bonds. The van der Waals surface area contributed by atoms with Gasteiger partial charge in [-0.25, -0.2) is 0 Å². The number of nitrogens with zero attached hydrogens (tertiary/aromatic N) is 2. The molecule has 0 spiro atoms. The maximum atomic E-state index is 12.9. The van der Waals surface area contributed by atoms with Crippen LogP contribution in [0, 0.1) is 6.92 Å². The van der Waals surface area contributed by atoms with Gasteiger partial charge in [-0.15, -0.1) is 11.3 Å². The van der Waals surface area contributed by atoms with Crippen molar-refractivity contribution in [2.45, 2.75) is 39.7 Å². The Morgan fingerprint density at radius 3 is 2.78 bits per heavy atom. The van der Waals surface area contributed by atoms with Gasteiger partial charge >= 0.3 is 0 Å². The van der Waals surface area contributed by atoms with Crippen LogP contribution in [0.4, 0.5) is 0 Å². The lowest BCUT2D eigenvalue weighted by molar-refractivity contribution is 0.0633. The summed E-state index contributed by atoms with van der Waals surface area (Å²) in [7, 11) is 0. The first kappa shape index (κ1) is 18.5. The fourth-order valence-corrected chi connectivity index (χ4v) is 5.04. The highest BCUT2D eigenvalue weighted by atomic mass is 32.1. The van der Waals surface area contributed by atoms with Crippen molar-refractivity contribution in [1.29, 1.82) is 0 Å². The summed E-state index contributed by atoms with van der Waals surface area (Å²) in [5.74, 6) is 1.25. The molecule has 2 aliphatic rings. The number of benzene rings is 1. The Kier molecular flexibility index (Phi) is 5.50. The third-order valence-electron chi connectivity index (χ3n) is 5.57. The minimum atomic E-state index is 0.208. The second-order valence-electron chi connectivity index (χ2n) is 7.55. The fourth-order valence-electron chi connectivity index (χ4n) is 4.00. The summed E-state index contributed by atoms with van der Waals surface area (Å²) in [6, 6.07) is 8.67. The lowest BCUT2D eigenvalue weighted by Gasteiger charge is -2.34. The molecule has 0 aliphatic carbocycles. The van der Waals surface area contributed by atoms with Crippen molar-refractivity contribution < 1.29 is 9.53 Å². The predicted molar refractivity (Wildman–Crippen MR) is 110 cm³/mol. The molecule has 1 saturated heterocycles. The zero-order valence-electron chi connectivity index (χ0n) is 16.3. The van der Waals surface area contributed by atoms with Gasteiger partial charge in [0.25, 0.3) is 5.91 Å². The van der Waals surface area contributed by atoms with Crippen LogP contribution in [-0.4, -0.2) is 48.5 Å². The fraction of sp³-hybridized carbons (Fsp3) is 0.500. The van der Waals surface area contributed by atoms with Crippen LogP contribution < -0.4 is 4.74 Å². The van der Waals surface area contributed by atoms with Gasteiger partial charge in [0, 0.05) is 44.0 Å². The van der Waals surface area contributed by atoms with Crippen LogP contribution in [0.2, 0.25) is 0 Å². The van der Waals surface area contributed by atoms with Gasteiger partial charge in [0.2, 0.25) is 0 Å². The summed E-state index contributed by atoms with van der Waals surface area (Å²) in [4.78, 5) is 19.5. The van der Waals surface area contributed by atoms with Crippen LogP contribution in [-0.2, 0) is 19.4 Å². The Balaban J connectivity index is 1.33. The number of hydrogen-bond donors (Lipinski definition) is 0. The summed E-state index contributed by atoms with van der Waals surface area (Å²) in [5.41, 5.74) is 4.01. The van der Waals surface area contributed by atoms with Crippen molar-refractivity contribution in [3.8, 4) is 5.75 Å². The van der Waals surface area contributed by atoms with E-state index in [1.165, 1.54) is 21.6 Å². The molecule has 3 heterocycles. The normalized spacial score (nSPS) is 17.0. The highest BCUT2D eigenvalue weighted by Gasteiger charge is 2.24. The first-order valence-corrected chi connectivity index (χ1v) is 10.8. The van der Waals surface area contributed by atoms with Crippen molar-refractivity contribution in [3.05, 3.63) is 50.7 Å². The van der Waals surface area contributed by atoms with Crippen LogP contribution in [0.25, 0.3) is 0 Å². The van der Waals surface area contributed by atoms with Gasteiger partial charge in [-0.1, -0.05) is 25.5 Å². The molecule has 4 rings (SSSR count). The number of hydrogen-bond acceptors (Lipinski definition) is 4. The maximum absolute atomic E-state index is 12.9. The maximum Gasteiger partial charge on any atom is 0.264 e. The Labute approximate surface area is 165 Å². The summed E-state index contributed by atoms with van der Waals surface area (Å²) < 4.78 is 5.59. The molecule has 144 valence electrons. The van der Waals surface area contributed by atoms with Gasteiger partial charge < -0.3 is 9.64 Å². The van der Waals surface area contributed by atoms with Crippen molar-refractivity contribution in [1.82, 2.24) is 9.80 Å². The molecule has 27 heavy (non-hydrogen) atoms. The minimum Gasteiger partial charge on any atom is -0.493 e. The Morgan fingerprint density at radius 1 is 1.19 bits per heavy atom. The molecule has 0 saturated carbocycles. The lowest BCUT2D eigenvalue weighted by atomic mass is 10.1. The van der Waals surface area contributed by atoms with E-state index in [0.29, 0.717) is 0 Å². The number of aryl methyl sites for hydroxylation is 2. The van der Waals surface area contributed by atoms with E-state index in [-0.39, 0.29) is 5.91 Å². The van der Waals surface area contributed by atoms with Gasteiger partial charge in [-0.2, -0.15) is 0 Å². The van der Waals surface area contributed by atoms with Crippen LogP contribution in [0.15, 0.2) is 24.3 Å². The average molecular weight is 385 g/mol. The standard InChI is InChI=1S/C22H28N2O2S/c1-3-4-18-14-21(27-16(18)2)22(25)24-10-8-23(9-11-24)15-17-5-6-20-19(13-17)7-12-26-20/h5-6,13-14H,3-4,7-12,15H2,1-2H3. The van der Waals surface area contributed by atoms with E-state index in [0.717, 1.165) is 69.2 Å². The Morgan fingerprint density at radius 2 is 2.00 bits per heavy atom. The smallest absolute Gasteiger partial charge is 0.264 e. The van der Waals surface area contributed by atoms with Crippen LogP contribution >= 0.6 is 11.3 Å². The molecule has 0 atom stereocenters. The van der Waals surface area contributed by atoms with Gasteiger partial charge in [0.1, 0.15) is 5.75 Å². The molecule has 2 aromatic rings. The first-order valence-electron chi connectivity index (χ1n) is 9.99. The molecular formula is C22H28N2O2S. The molecule has 2 aliphatic heterocycles. The van der Waals surface area contributed by atoms with Crippen molar-refractivity contribution in [2.75, 3.05) is 32.8 Å². The van der Waals surface area contributed by atoms with Crippen molar-refractivity contribution in [3.63, 3.8) is 0 Å². The highest BCUT2D eigenvalue weighted by molar-refractivity contribution is 7.14. The van der Waals surface area contributed by atoms with E-state index in [1.54, 1.807) is 11.3 Å². The molecular weight excluding hydrogens is 356 g/mol. The quantitative estimate of drug-likeness (QED) is 0.784. The number of ether oxygens (including phenoxy) is 1. The zero-order chi connectivity index (χ0) is 18.8. The largest absolute Gasteiger partial charge is 0.493 e. The molecule has 0 radical (unpaired) electrons. The van der Waals surface area contributed by atoms with Crippen LogP contribution in [0.3, 0.4) is 0 Å². The van der Waals surface area contributed by atoms with E-state index in [9.17, 15) is 4.79 Å². The van der Waals surface area contributed by atoms with E-state index in [2.05, 4.69) is 43.0 Å². The predicted octanol–water partition coefficient (Wildman–Crippen LogP) is 3.90. The van der Waals surface area contributed by atoms with Crippen molar-refractivity contribution in [2.24, 2.45) is 0 Å². The van der Waals surface area contributed by atoms with E-state index in [4.69, 9.17) is 4.74 Å². The molecule has 1 fully saturated rings. The molecule has 0 N–H and O–H groups in total. The van der Waals surface area contributed by atoms with Crippen LogP contribution in [0.5, 0.6) is 5.75 Å². The highest BCUT2D eigenvalue weighted by Crippen LogP contribution is 2.27. The zero-order valence-corrected chi connectivity index (χ0v) is 17.1. The molecule has 1 aromatic heterocycles. The molecule has 4 nitrogen and oxygen atoms in total. The molecule has 0 unspecified atom stereocenters. The van der Waals surface area contributed by atoms with E-state index >= 15 is 0 Å².